The van der Waals surface area contributed by atoms with E-state index in [-0.39, 0.29) is 30.1 Å². The van der Waals surface area contributed by atoms with Crippen molar-refractivity contribution in [3.63, 3.8) is 0 Å². The SMILES string of the molecule is CCC(=O)CCN1C(=O)CC(CC)C1=O. The molecular weight excluding hydrogens is 194 g/mol. The van der Waals surface area contributed by atoms with E-state index in [0.29, 0.717) is 25.7 Å². The van der Waals surface area contributed by atoms with Crippen molar-refractivity contribution in [3.8, 4) is 0 Å². The number of ketones is 1. The number of rotatable bonds is 5. The normalized spacial score (nSPS) is 21.2. The molecule has 0 radical (unpaired) electrons. The Morgan fingerprint density at radius 2 is 2.07 bits per heavy atom. The van der Waals surface area contributed by atoms with Gasteiger partial charge in [-0.3, -0.25) is 19.3 Å². The van der Waals surface area contributed by atoms with E-state index < -0.39 is 0 Å². The molecule has 4 heteroatoms. The van der Waals surface area contributed by atoms with Crippen LogP contribution in [0.15, 0.2) is 0 Å². The van der Waals surface area contributed by atoms with Gasteiger partial charge in [-0.05, 0) is 6.42 Å². The monoisotopic (exact) mass is 211 g/mol. The Kier molecular flexibility index (Phi) is 4.00. The fourth-order valence-electron chi connectivity index (χ4n) is 1.72. The molecular formula is C11H17NO3. The Bertz CT molecular complexity index is 286. The van der Waals surface area contributed by atoms with Crippen LogP contribution in [-0.2, 0) is 14.4 Å². The highest BCUT2D eigenvalue weighted by atomic mass is 16.2. The lowest BCUT2D eigenvalue weighted by molar-refractivity contribution is -0.139. The van der Waals surface area contributed by atoms with Crippen LogP contribution in [0.5, 0.6) is 0 Å². The quantitative estimate of drug-likeness (QED) is 0.641. The number of hydrogen-bond donors (Lipinski definition) is 0. The Labute approximate surface area is 89.6 Å². The van der Waals surface area contributed by atoms with Crippen molar-refractivity contribution in [2.24, 2.45) is 5.92 Å². The fourth-order valence-corrected chi connectivity index (χ4v) is 1.72. The summed E-state index contributed by atoms with van der Waals surface area (Å²) in [5.74, 6) is -0.299. The van der Waals surface area contributed by atoms with Crippen molar-refractivity contribution in [2.45, 2.75) is 39.5 Å². The summed E-state index contributed by atoms with van der Waals surface area (Å²) in [5, 5.41) is 0. The lowest BCUT2D eigenvalue weighted by Gasteiger charge is -2.13. The van der Waals surface area contributed by atoms with Crippen molar-refractivity contribution in [1.82, 2.24) is 4.90 Å². The summed E-state index contributed by atoms with van der Waals surface area (Å²) >= 11 is 0. The first-order valence-electron chi connectivity index (χ1n) is 5.46. The van der Waals surface area contributed by atoms with E-state index in [4.69, 9.17) is 0 Å². The maximum Gasteiger partial charge on any atom is 0.232 e. The molecule has 1 rings (SSSR count). The van der Waals surface area contributed by atoms with Gasteiger partial charge in [0.05, 0.1) is 0 Å². The first kappa shape index (κ1) is 11.9. The van der Waals surface area contributed by atoms with Crippen LogP contribution in [0, 0.1) is 5.92 Å². The van der Waals surface area contributed by atoms with Crippen LogP contribution in [0.1, 0.15) is 39.5 Å². The molecule has 1 unspecified atom stereocenters. The topological polar surface area (TPSA) is 54.5 Å². The molecule has 1 atom stereocenters. The molecule has 0 N–H and O–H groups in total. The second-order valence-electron chi connectivity index (χ2n) is 3.84. The first-order valence-corrected chi connectivity index (χ1v) is 5.46. The van der Waals surface area contributed by atoms with E-state index >= 15 is 0 Å². The highest BCUT2D eigenvalue weighted by Gasteiger charge is 2.36. The Morgan fingerprint density at radius 1 is 1.40 bits per heavy atom. The van der Waals surface area contributed by atoms with Crippen LogP contribution in [0.4, 0.5) is 0 Å². The van der Waals surface area contributed by atoms with Crippen molar-refractivity contribution < 1.29 is 14.4 Å². The van der Waals surface area contributed by atoms with Crippen molar-refractivity contribution in [2.75, 3.05) is 6.54 Å². The van der Waals surface area contributed by atoms with E-state index in [2.05, 4.69) is 0 Å². The number of nitrogens with zero attached hydrogens (tertiary/aromatic N) is 1. The zero-order valence-corrected chi connectivity index (χ0v) is 9.28. The van der Waals surface area contributed by atoms with Gasteiger partial charge < -0.3 is 0 Å². The molecule has 1 heterocycles. The molecule has 0 aromatic carbocycles. The molecule has 0 aliphatic carbocycles. The van der Waals surface area contributed by atoms with Crippen LogP contribution in [0.25, 0.3) is 0 Å². The summed E-state index contributed by atoms with van der Waals surface area (Å²) in [6.07, 6.45) is 1.77. The molecule has 1 aliphatic heterocycles. The third-order valence-corrected chi connectivity index (χ3v) is 2.84. The van der Waals surface area contributed by atoms with Gasteiger partial charge in [-0.25, -0.2) is 0 Å². The number of amides is 2. The Morgan fingerprint density at radius 3 is 2.53 bits per heavy atom. The summed E-state index contributed by atoms with van der Waals surface area (Å²) < 4.78 is 0. The van der Waals surface area contributed by atoms with Gasteiger partial charge in [0.15, 0.2) is 0 Å². The minimum absolute atomic E-state index is 0.0931. The average molecular weight is 211 g/mol. The van der Waals surface area contributed by atoms with Crippen LogP contribution in [0.2, 0.25) is 0 Å². The molecule has 15 heavy (non-hydrogen) atoms. The van der Waals surface area contributed by atoms with E-state index in [9.17, 15) is 14.4 Å². The van der Waals surface area contributed by atoms with Crippen molar-refractivity contribution >= 4 is 17.6 Å². The fraction of sp³-hybridized carbons (Fsp3) is 0.727. The average Bonchev–Trinajstić information content (AvgIpc) is 2.51. The number of hydrogen-bond acceptors (Lipinski definition) is 3. The van der Waals surface area contributed by atoms with E-state index in [0.717, 1.165) is 0 Å². The van der Waals surface area contributed by atoms with Crippen LogP contribution >= 0.6 is 0 Å². The summed E-state index contributed by atoms with van der Waals surface area (Å²) in [4.78, 5) is 35.4. The van der Waals surface area contributed by atoms with Gasteiger partial charge in [-0.15, -0.1) is 0 Å². The second kappa shape index (κ2) is 5.05. The third kappa shape index (κ3) is 2.64. The highest BCUT2D eigenvalue weighted by molar-refractivity contribution is 6.03. The van der Waals surface area contributed by atoms with Gasteiger partial charge in [0.2, 0.25) is 11.8 Å². The number of Topliss-reactive ketones (excluding diaryl/α,β-unsaturated/α-hetero) is 1. The van der Waals surface area contributed by atoms with Gasteiger partial charge >= 0.3 is 0 Å². The highest BCUT2D eigenvalue weighted by Crippen LogP contribution is 2.22. The van der Waals surface area contributed by atoms with Crippen molar-refractivity contribution in [3.05, 3.63) is 0 Å². The standard InChI is InChI=1S/C11H17NO3/c1-3-8-7-10(14)12(11(8)15)6-5-9(13)4-2/h8H,3-7H2,1-2H3. The number of carbonyl (C=O) groups is 3. The largest absolute Gasteiger partial charge is 0.300 e. The van der Waals surface area contributed by atoms with Gasteiger partial charge in [0.1, 0.15) is 5.78 Å². The molecule has 1 fully saturated rings. The maximum absolute atomic E-state index is 11.6. The molecule has 0 aromatic rings. The van der Waals surface area contributed by atoms with Crippen LogP contribution in [0.3, 0.4) is 0 Å². The van der Waals surface area contributed by atoms with E-state index in [1.165, 1.54) is 4.90 Å². The molecule has 84 valence electrons. The van der Waals surface area contributed by atoms with Gasteiger partial charge in [0, 0.05) is 31.7 Å². The molecule has 0 spiro atoms. The molecule has 1 aliphatic rings. The van der Waals surface area contributed by atoms with E-state index in [1.54, 1.807) is 6.92 Å². The predicted molar refractivity (Wildman–Crippen MR) is 55.0 cm³/mol. The maximum atomic E-state index is 11.6. The van der Waals surface area contributed by atoms with Gasteiger partial charge in [-0.2, -0.15) is 0 Å². The van der Waals surface area contributed by atoms with Crippen molar-refractivity contribution in [1.29, 1.82) is 0 Å². The summed E-state index contributed by atoms with van der Waals surface area (Å²) in [5.41, 5.74) is 0. The molecule has 0 bridgehead atoms. The lowest BCUT2D eigenvalue weighted by atomic mass is 10.1. The summed E-state index contributed by atoms with van der Waals surface area (Å²) in [7, 11) is 0. The van der Waals surface area contributed by atoms with Crippen LogP contribution in [-0.4, -0.2) is 29.0 Å². The first-order chi connectivity index (χ1) is 7.10. The lowest BCUT2D eigenvalue weighted by Crippen LogP contribution is -2.32. The summed E-state index contributed by atoms with van der Waals surface area (Å²) in [6.45, 7) is 3.95. The minimum atomic E-state index is -0.158. The smallest absolute Gasteiger partial charge is 0.232 e. The Balaban J connectivity index is 2.51. The number of imide groups is 1. The van der Waals surface area contributed by atoms with Gasteiger partial charge in [0.25, 0.3) is 0 Å². The zero-order chi connectivity index (χ0) is 11.4. The Hall–Kier alpha value is -1.19. The summed E-state index contributed by atoms with van der Waals surface area (Å²) in [6, 6.07) is 0. The predicted octanol–water partition coefficient (Wildman–Crippen LogP) is 1.14. The van der Waals surface area contributed by atoms with E-state index in [1.807, 2.05) is 6.92 Å². The number of likely N-dealkylation sites (tertiary alicyclic amines) is 1. The second-order valence-corrected chi connectivity index (χ2v) is 3.84. The van der Waals surface area contributed by atoms with Gasteiger partial charge in [-0.1, -0.05) is 13.8 Å². The molecule has 1 saturated heterocycles. The molecule has 2 amide bonds. The number of carbonyl (C=O) groups excluding carboxylic acids is 3. The minimum Gasteiger partial charge on any atom is -0.300 e. The van der Waals surface area contributed by atoms with Crippen LogP contribution < -0.4 is 0 Å². The molecule has 0 aromatic heterocycles. The third-order valence-electron chi connectivity index (χ3n) is 2.84. The molecule has 0 saturated carbocycles. The molecule has 4 nitrogen and oxygen atoms in total. The zero-order valence-electron chi connectivity index (χ0n) is 9.28.